The minimum Gasteiger partial charge on any atom is -0.415 e. The van der Waals surface area contributed by atoms with E-state index in [1.165, 1.54) is 57.4 Å². The Morgan fingerprint density at radius 1 is 0.878 bits per heavy atom. The average molecular weight is 575 g/mol. The van der Waals surface area contributed by atoms with Gasteiger partial charge in [-0.05, 0) is 51.0 Å². The number of hydrogen-bond donors (Lipinski definition) is 0. The summed E-state index contributed by atoms with van der Waals surface area (Å²) in [6.07, 6.45) is 12.3. The standard InChI is InChI=1S/C34H50N4O2Si/c1-6-32(39)37-26-28-20-14-15-21-29(28)33-34(30-22-16-17-23-31(30)37)38(36-35-33)24-18-12-10-8-7-9-11-13-19-25-41(4,5)40-27(2)3/h14-17,20-23,27H,6-13,18-19,24-26H2,1-5H3. The summed E-state index contributed by atoms with van der Waals surface area (Å²) < 4.78 is 8.22. The van der Waals surface area contributed by atoms with Gasteiger partial charge >= 0.3 is 0 Å². The van der Waals surface area contributed by atoms with Crippen molar-refractivity contribution >= 4 is 19.9 Å². The van der Waals surface area contributed by atoms with E-state index in [1.54, 1.807) is 0 Å². The number of carbonyl (C=O) groups is 1. The van der Waals surface area contributed by atoms with E-state index in [4.69, 9.17) is 4.43 Å². The number of aromatic nitrogens is 3. The van der Waals surface area contributed by atoms with Crippen molar-refractivity contribution in [3.05, 3.63) is 54.1 Å². The summed E-state index contributed by atoms with van der Waals surface area (Å²) in [4.78, 5) is 15.0. The average Bonchev–Trinajstić information content (AvgIpc) is 3.35. The second kappa shape index (κ2) is 14.9. The van der Waals surface area contributed by atoms with Crippen LogP contribution in [-0.2, 0) is 22.3 Å². The number of nitrogens with zero attached hydrogens (tertiary/aromatic N) is 4. The molecule has 3 aromatic rings. The van der Waals surface area contributed by atoms with Crippen LogP contribution in [0.15, 0.2) is 48.5 Å². The van der Waals surface area contributed by atoms with Crippen molar-refractivity contribution in [2.45, 2.75) is 123 Å². The highest BCUT2D eigenvalue weighted by Gasteiger charge is 2.28. The smallest absolute Gasteiger partial charge is 0.227 e. The molecule has 0 saturated heterocycles. The first-order valence-corrected chi connectivity index (χ1v) is 19.0. The summed E-state index contributed by atoms with van der Waals surface area (Å²) in [6, 6.07) is 17.8. The van der Waals surface area contributed by atoms with E-state index in [1.807, 2.05) is 36.1 Å². The Labute approximate surface area is 248 Å². The lowest BCUT2D eigenvalue weighted by molar-refractivity contribution is -0.118. The molecule has 1 aliphatic rings. The normalized spacial score (nSPS) is 13.0. The summed E-state index contributed by atoms with van der Waals surface area (Å²) in [7, 11) is -1.47. The number of hydrogen-bond acceptors (Lipinski definition) is 4. The number of aryl methyl sites for hydroxylation is 1. The highest BCUT2D eigenvalue weighted by Crippen LogP contribution is 2.41. The zero-order valence-electron chi connectivity index (χ0n) is 26.0. The third kappa shape index (κ3) is 8.38. The van der Waals surface area contributed by atoms with Crippen molar-refractivity contribution in [1.29, 1.82) is 0 Å². The van der Waals surface area contributed by atoms with Gasteiger partial charge < -0.3 is 9.33 Å². The second-order valence-electron chi connectivity index (χ2n) is 12.4. The summed E-state index contributed by atoms with van der Waals surface area (Å²) in [5.74, 6) is 0.126. The van der Waals surface area contributed by atoms with Crippen molar-refractivity contribution < 1.29 is 9.22 Å². The molecule has 1 aliphatic heterocycles. The Kier molecular flexibility index (Phi) is 11.3. The lowest BCUT2D eigenvalue weighted by Crippen LogP contribution is -2.33. The predicted octanol–water partition coefficient (Wildman–Crippen LogP) is 9.01. The highest BCUT2D eigenvalue weighted by atomic mass is 28.4. The minimum atomic E-state index is -1.47. The summed E-state index contributed by atoms with van der Waals surface area (Å²) in [5.41, 5.74) is 6.08. The molecule has 0 unspecified atom stereocenters. The first-order chi connectivity index (χ1) is 19.8. The van der Waals surface area contributed by atoms with Crippen LogP contribution in [0.1, 0.15) is 90.5 Å². The lowest BCUT2D eigenvalue weighted by Gasteiger charge is -2.28. The van der Waals surface area contributed by atoms with Crippen molar-refractivity contribution in [3.63, 3.8) is 0 Å². The van der Waals surface area contributed by atoms with Crippen LogP contribution in [0.5, 0.6) is 0 Å². The number of benzene rings is 2. The van der Waals surface area contributed by atoms with Gasteiger partial charge in [0.1, 0.15) is 5.69 Å². The van der Waals surface area contributed by atoms with E-state index >= 15 is 0 Å². The van der Waals surface area contributed by atoms with Crippen LogP contribution in [0.4, 0.5) is 5.69 Å². The van der Waals surface area contributed by atoms with Crippen LogP contribution in [0.3, 0.4) is 0 Å². The molecule has 1 amide bonds. The molecule has 7 heteroatoms. The minimum absolute atomic E-state index is 0.126. The zero-order chi connectivity index (χ0) is 29.2. The lowest BCUT2D eigenvalue weighted by atomic mass is 9.95. The monoisotopic (exact) mass is 574 g/mol. The molecule has 2 aromatic carbocycles. The molecule has 4 rings (SSSR count). The Hall–Kier alpha value is -2.77. The first kappa shape index (κ1) is 31.2. The maximum absolute atomic E-state index is 13.1. The van der Waals surface area contributed by atoms with Gasteiger partial charge in [-0.2, -0.15) is 0 Å². The largest absolute Gasteiger partial charge is 0.415 e. The predicted molar refractivity (Wildman–Crippen MR) is 172 cm³/mol. The number of carbonyl (C=O) groups excluding carboxylic acids is 1. The fourth-order valence-electron chi connectivity index (χ4n) is 6.13. The summed E-state index contributed by atoms with van der Waals surface area (Å²) in [6.45, 7) is 12.3. The topological polar surface area (TPSA) is 60.2 Å². The fraction of sp³-hybridized carbons (Fsp3) is 0.559. The number of amides is 1. The van der Waals surface area contributed by atoms with Gasteiger partial charge in [0.25, 0.3) is 0 Å². The number of anilines is 1. The van der Waals surface area contributed by atoms with Crippen molar-refractivity contribution in [1.82, 2.24) is 15.0 Å². The molecule has 0 fully saturated rings. The second-order valence-corrected chi connectivity index (χ2v) is 16.6. The molecule has 0 aliphatic carbocycles. The van der Waals surface area contributed by atoms with Gasteiger partial charge in [-0.25, -0.2) is 4.68 Å². The van der Waals surface area contributed by atoms with E-state index in [-0.39, 0.29) is 5.91 Å². The first-order valence-electron chi connectivity index (χ1n) is 15.9. The number of para-hydroxylation sites is 1. The SMILES string of the molecule is CCC(=O)N1Cc2ccccc2-c2nnn(CCCCCCCCCCC[Si](C)(C)OC(C)C)c2-c2ccccc21. The number of rotatable bonds is 15. The Morgan fingerprint density at radius 3 is 2.17 bits per heavy atom. The van der Waals surface area contributed by atoms with Crippen LogP contribution in [0, 0.1) is 0 Å². The molecule has 0 atom stereocenters. The van der Waals surface area contributed by atoms with Crippen molar-refractivity contribution in [3.8, 4) is 22.5 Å². The van der Waals surface area contributed by atoms with E-state index in [2.05, 4.69) is 66.2 Å². The van der Waals surface area contributed by atoms with Gasteiger partial charge in [0.2, 0.25) is 5.91 Å². The molecule has 1 aromatic heterocycles. The van der Waals surface area contributed by atoms with Gasteiger partial charge in [0.15, 0.2) is 8.32 Å². The third-order valence-corrected chi connectivity index (χ3v) is 10.8. The maximum Gasteiger partial charge on any atom is 0.227 e. The van der Waals surface area contributed by atoms with Crippen LogP contribution < -0.4 is 4.90 Å². The molecule has 0 spiro atoms. The van der Waals surface area contributed by atoms with E-state index in [0.717, 1.165) is 46.7 Å². The van der Waals surface area contributed by atoms with Crippen LogP contribution in [0.25, 0.3) is 22.5 Å². The van der Waals surface area contributed by atoms with Gasteiger partial charge in [-0.3, -0.25) is 4.79 Å². The molecule has 0 saturated carbocycles. The number of fused-ring (bicyclic) bond motifs is 5. The fourth-order valence-corrected chi connectivity index (χ4v) is 8.63. The Balaban J connectivity index is 1.31. The van der Waals surface area contributed by atoms with E-state index < -0.39 is 8.32 Å². The highest BCUT2D eigenvalue weighted by molar-refractivity contribution is 6.71. The van der Waals surface area contributed by atoms with Crippen LogP contribution in [0.2, 0.25) is 19.1 Å². The van der Waals surface area contributed by atoms with Crippen LogP contribution in [-0.4, -0.2) is 35.3 Å². The zero-order valence-corrected chi connectivity index (χ0v) is 27.0. The molecule has 0 bridgehead atoms. The summed E-state index contributed by atoms with van der Waals surface area (Å²) in [5, 5.41) is 9.32. The molecule has 41 heavy (non-hydrogen) atoms. The molecular weight excluding hydrogens is 524 g/mol. The molecular formula is C34H50N4O2Si. The van der Waals surface area contributed by atoms with E-state index in [9.17, 15) is 4.79 Å². The molecule has 6 nitrogen and oxygen atoms in total. The van der Waals surface area contributed by atoms with Crippen LogP contribution >= 0.6 is 0 Å². The summed E-state index contributed by atoms with van der Waals surface area (Å²) >= 11 is 0. The molecule has 222 valence electrons. The quantitative estimate of drug-likeness (QED) is 0.134. The molecule has 0 radical (unpaired) electrons. The van der Waals surface area contributed by atoms with Gasteiger partial charge in [0, 0.05) is 30.2 Å². The van der Waals surface area contributed by atoms with Crippen molar-refractivity contribution in [2.75, 3.05) is 4.90 Å². The van der Waals surface area contributed by atoms with E-state index in [0.29, 0.717) is 19.1 Å². The van der Waals surface area contributed by atoms with Gasteiger partial charge in [0.05, 0.1) is 17.9 Å². The molecule has 0 N–H and O–H groups in total. The van der Waals surface area contributed by atoms with Crippen molar-refractivity contribution in [2.24, 2.45) is 0 Å². The van der Waals surface area contributed by atoms with Gasteiger partial charge in [-0.1, -0.05) is 106 Å². The Morgan fingerprint density at radius 2 is 1.49 bits per heavy atom. The number of unbranched alkanes of at least 4 members (excludes halogenated alkanes) is 8. The molecule has 2 heterocycles. The third-order valence-electron chi connectivity index (χ3n) is 8.09. The maximum atomic E-state index is 13.1. The Bertz CT molecular complexity index is 1270. The van der Waals surface area contributed by atoms with Gasteiger partial charge in [-0.15, -0.1) is 5.10 Å².